The molecular weight excluding hydrogens is 254 g/mol. The van der Waals surface area contributed by atoms with Crippen LogP contribution in [0.15, 0.2) is 12.1 Å². The lowest BCUT2D eigenvalue weighted by molar-refractivity contribution is 0.0599. The fraction of sp³-hybridized carbons (Fsp3) is 0.600. The molecule has 1 aromatic rings. The van der Waals surface area contributed by atoms with Gasteiger partial charge < -0.3 is 10.2 Å². The monoisotopic (exact) mass is 277 g/mol. The number of anilines is 1. The molecule has 1 fully saturated rings. The van der Waals surface area contributed by atoms with Crippen LogP contribution in [-0.4, -0.2) is 35.2 Å². The van der Waals surface area contributed by atoms with Crippen LogP contribution in [0.4, 0.5) is 5.82 Å². The van der Waals surface area contributed by atoms with Crippen LogP contribution in [0, 0.1) is 6.92 Å². The van der Waals surface area contributed by atoms with Gasteiger partial charge in [0.25, 0.3) is 0 Å². The zero-order valence-electron chi connectivity index (χ0n) is 12.6. The third-order valence-corrected chi connectivity index (χ3v) is 3.93. The molecule has 5 heteroatoms. The average Bonchev–Trinajstić information content (AvgIpc) is 2.42. The van der Waals surface area contributed by atoms with Crippen LogP contribution in [0.1, 0.15) is 49.2 Å². The van der Waals surface area contributed by atoms with Crippen molar-refractivity contribution >= 4 is 11.8 Å². The van der Waals surface area contributed by atoms with Gasteiger partial charge in [0.05, 0.1) is 18.4 Å². The molecule has 2 heterocycles. The Morgan fingerprint density at radius 1 is 1.35 bits per heavy atom. The van der Waals surface area contributed by atoms with E-state index in [0.29, 0.717) is 23.3 Å². The average molecular weight is 277 g/mol. The number of piperidine rings is 1. The second-order valence-corrected chi connectivity index (χ2v) is 5.47. The van der Waals surface area contributed by atoms with Gasteiger partial charge in [0.1, 0.15) is 5.82 Å². The molecule has 20 heavy (non-hydrogen) atoms. The number of esters is 1. The van der Waals surface area contributed by atoms with Gasteiger partial charge in [-0.1, -0.05) is 6.42 Å². The molecule has 0 spiro atoms. The minimum absolute atomic E-state index is 0.346. The summed E-state index contributed by atoms with van der Waals surface area (Å²) in [5, 5.41) is 2.25. The number of carbonyl (C=O) groups is 1. The molecule has 0 aromatic carbocycles. The summed E-state index contributed by atoms with van der Waals surface area (Å²) in [6.07, 6.45) is 3.65. The Kier molecular flexibility index (Phi) is 4.60. The second kappa shape index (κ2) is 6.22. The van der Waals surface area contributed by atoms with Gasteiger partial charge in [-0.25, -0.2) is 14.8 Å². The predicted molar refractivity (Wildman–Crippen MR) is 78.6 cm³/mol. The summed E-state index contributed by atoms with van der Waals surface area (Å²) in [6, 6.07) is 4.56. The summed E-state index contributed by atoms with van der Waals surface area (Å²) in [7, 11) is 1.38. The lowest BCUT2D eigenvalue weighted by Crippen LogP contribution is -2.47. The minimum atomic E-state index is -0.346. The Bertz CT molecular complexity index is 480. The maximum Gasteiger partial charge on any atom is 0.339 e. The summed E-state index contributed by atoms with van der Waals surface area (Å²) in [5.41, 5.74) is 4.57. The highest BCUT2D eigenvalue weighted by Gasteiger charge is 2.25. The molecule has 0 bridgehead atoms. The fourth-order valence-electron chi connectivity index (χ4n) is 2.72. The van der Waals surface area contributed by atoms with Gasteiger partial charge in [0.2, 0.25) is 0 Å². The number of nitrogens with one attached hydrogen (secondary N) is 1. The molecule has 0 saturated carbocycles. The number of carbonyl (C=O) groups excluding carboxylic acids is 1. The molecule has 1 N–H and O–H groups in total. The number of hydrogen-bond donors (Lipinski definition) is 1. The van der Waals surface area contributed by atoms with Crippen molar-refractivity contribution in [1.82, 2.24) is 9.99 Å². The summed E-state index contributed by atoms with van der Waals surface area (Å²) < 4.78 is 4.73. The number of ether oxygens (including phenoxy) is 1. The number of rotatable bonds is 3. The number of aryl methyl sites for hydroxylation is 1. The van der Waals surface area contributed by atoms with Crippen LogP contribution in [0.25, 0.3) is 0 Å². The third kappa shape index (κ3) is 3.10. The number of hydrogen-bond acceptors (Lipinski definition) is 5. The number of hydrazine groups is 1. The van der Waals surface area contributed by atoms with E-state index >= 15 is 0 Å². The van der Waals surface area contributed by atoms with Crippen molar-refractivity contribution in [3.63, 3.8) is 0 Å². The van der Waals surface area contributed by atoms with Gasteiger partial charge in [-0.3, -0.25) is 0 Å². The van der Waals surface area contributed by atoms with Crippen molar-refractivity contribution in [2.45, 2.75) is 52.1 Å². The van der Waals surface area contributed by atoms with E-state index in [1.54, 1.807) is 6.07 Å². The minimum Gasteiger partial charge on any atom is -0.465 e. The van der Waals surface area contributed by atoms with Crippen LogP contribution >= 0.6 is 0 Å². The van der Waals surface area contributed by atoms with E-state index in [0.717, 1.165) is 5.82 Å². The highest BCUT2D eigenvalue weighted by Crippen LogP contribution is 2.23. The van der Waals surface area contributed by atoms with Crippen molar-refractivity contribution in [3.8, 4) is 0 Å². The molecule has 0 aliphatic carbocycles. The molecule has 2 atom stereocenters. The molecule has 2 rings (SSSR count). The van der Waals surface area contributed by atoms with Gasteiger partial charge >= 0.3 is 5.97 Å². The maximum absolute atomic E-state index is 11.5. The van der Waals surface area contributed by atoms with Crippen LogP contribution in [0.3, 0.4) is 0 Å². The zero-order chi connectivity index (χ0) is 14.7. The highest BCUT2D eigenvalue weighted by atomic mass is 16.5. The van der Waals surface area contributed by atoms with Gasteiger partial charge in [-0.2, -0.15) is 0 Å². The summed E-state index contributed by atoms with van der Waals surface area (Å²) in [6.45, 7) is 6.26. The summed E-state index contributed by atoms with van der Waals surface area (Å²) in [4.78, 5) is 16.0. The van der Waals surface area contributed by atoms with E-state index in [4.69, 9.17) is 4.74 Å². The van der Waals surface area contributed by atoms with E-state index in [1.165, 1.54) is 26.4 Å². The lowest BCUT2D eigenvalue weighted by Gasteiger charge is -2.39. The highest BCUT2D eigenvalue weighted by molar-refractivity contribution is 5.90. The topological polar surface area (TPSA) is 54.5 Å². The zero-order valence-corrected chi connectivity index (χ0v) is 12.6. The van der Waals surface area contributed by atoms with Crippen molar-refractivity contribution in [1.29, 1.82) is 0 Å². The first-order valence-electron chi connectivity index (χ1n) is 7.14. The molecule has 2 unspecified atom stereocenters. The second-order valence-electron chi connectivity index (χ2n) is 5.47. The Balaban J connectivity index is 2.14. The number of aromatic nitrogens is 1. The van der Waals surface area contributed by atoms with E-state index < -0.39 is 0 Å². The number of nitrogens with zero attached hydrogens (tertiary/aromatic N) is 2. The molecule has 110 valence electrons. The molecule has 1 aliphatic heterocycles. The van der Waals surface area contributed by atoms with Gasteiger partial charge in [0, 0.05) is 12.1 Å². The standard InChI is InChI=1S/C15H23N3O2/c1-10-6-5-7-11(2)18(10)17-14-9-8-13(12(3)16-14)15(19)20-4/h8-11H,5-7H2,1-4H3,(H,16,17). The van der Waals surface area contributed by atoms with E-state index in [-0.39, 0.29) is 5.97 Å². The Morgan fingerprint density at radius 3 is 2.55 bits per heavy atom. The van der Waals surface area contributed by atoms with E-state index in [9.17, 15) is 4.79 Å². The van der Waals surface area contributed by atoms with E-state index in [1.807, 2.05) is 13.0 Å². The quantitative estimate of drug-likeness (QED) is 0.861. The SMILES string of the molecule is COC(=O)c1ccc(NN2C(C)CCCC2C)nc1C. The number of pyridine rings is 1. The van der Waals surface area contributed by atoms with Crippen molar-refractivity contribution < 1.29 is 9.53 Å². The molecule has 1 aliphatic rings. The molecule has 1 aromatic heterocycles. The maximum atomic E-state index is 11.5. The fourth-order valence-corrected chi connectivity index (χ4v) is 2.72. The number of methoxy groups -OCH3 is 1. The summed E-state index contributed by atoms with van der Waals surface area (Å²) in [5.74, 6) is 0.428. The van der Waals surface area contributed by atoms with Crippen molar-refractivity contribution in [2.75, 3.05) is 12.5 Å². The van der Waals surface area contributed by atoms with Crippen LogP contribution in [0.2, 0.25) is 0 Å². The molecule has 0 amide bonds. The van der Waals surface area contributed by atoms with Crippen molar-refractivity contribution in [2.24, 2.45) is 0 Å². The summed E-state index contributed by atoms with van der Waals surface area (Å²) >= 11 is 0. The van der Waals surface area contributed by atoms with Crippen LogP contribution in [0.5, 0.6) is 0 Å². The Morgan fingerprint density at radius 2 is 2.00 bits per heavy atom. The molecule has 1 saturated heterocycles. The first kappa shape index (κ1) is 14.8. The van der Waals surface area contributed by atoms with Crippen LogP contribution < -0.4 is 5.43 Å². The first-order chi connectivity index (χ1) is 9.52. The smallest absolute Gasteiger partial charge is 0.339 e. The normalized spacial score (nSPS) is 23.4. The van der Waals surface area contributed by atoms with Crippen molar-refractivity contribution in [3.05, 3.63) is 23.4 Å². The van der Waals surface area contributed by atoms with Gasteiger partial charge in [0.15, 0.2) is 0 Å². The lowest BCUT2D eigenvalue weighted by atomic mass is 10.00. The van der Waals surface area contributed by atoms with E-state index in [2.05, 4.69) is 29.3 Å². The predicted octanol–water partition coefficient (Wildman–Crippen LogP) is 2.77. The molecular formula is C15H23N3O2. The largest absolute Gasteiger partial charge is 0.465 e. The van der Waals surface area contributed by atoms with Gasteiger partial charge in [-0.05, 0) is 45.7 Å². The Labute approximate surface area is 120 Å². The van der Waals surface area contributed by atoms with Gasteiger partial charge in [-0.15, -0.1) is 0 Å². The third-order valence-electron chi connectivity index (χ3n) is 3.93. The molecule has 0 radical (unpaired) electrons. The first-order valence-corrected chi connectivity index (χ1v) is 7.14. The molecule has 5 nitrogen and oxygen atoms in total. The van der Waals surface area contributed by atoms with Crippen LogP contribution in [-0.2, 0) is 4.74 Å². The Hall–Kier alpha value is -1.62.